The minimum Gasteiger partial charge on any atom is -0.335 e. The Morgan fingerprint density at radius 1 is 1.11 bits per heavy atom. The van der Waals surface area contributed by atoms with E-state index in [1.54, 1.807) is 0 Å². The average molecular weight is 406 g/mol. The van der Waals surface area contributed by atoms with E-state index in [4.69, 9.17) is 12.2 Å². The number of rotatable bonds is 3. The minimum absolute atomic E-state index is 0.179. The molecule has 0 fully saturated rings. The summed E-state index contributed by atoms with van der Waals surface area (Å²) in [5, 5.41) is 0. The molecule has 3 heterocycles. The third-order valence-corrected chi connectivity index (χ3v) is 5.09. The molecule has 0 bridgehead atoms. The molecule has 5 nitrogen and oxygen atoms in total. The van der Waals surface area contributed by atoms with Crippen LogP contribution >= 0.6 is 12.2 Å². The van der Waals surface area contributed by atoms with Crippen molar-refractivity contribution >= 4 is 12.2 Å². The van der Waals surface area contributed by atoms with Crippen LogP contribution in [-0.2, 0) is 25.7 Å². The number of hydrogen-bond acceptors (Lipinski definition) is 3. The van der Waals surface area contributed by atoms with E-state index in [2.05, 4.69) is 14.9 Å². The van der Waals surface area contributed by atoms with E-state index in [0.717, 1.165) is 30.1 Å². The number of aromatic amines is 2. The van der Waals surface area contributed by atoms with E-state index in [-0.39, 0.29) is 5.56 Å². The van der Waals surface area contributed by atoms with Gasteiger partial charge in [-0.1, -0.05) is 0 Å². The number of aromatic nitrogens is 3. The first kappa shape index (κ1) is 18.7. The van der Waals surface area contributed by atoms with Gasteiger partial charge in [-0.05, 0) is 48.6 Å². The molecular formula is C19H17F3N4OS. The minimum atomic E-state index is -4.35. The Labute approximate surface area is 163 Å². The van der Waals surface area contributed by atoms with Crippen LogP contribution in [0.5, 0.6) is 0 Å². The maximum Gasteiger partial charge on any atom is 0.416 e. The molecule has 0 saturated carbocycles. The fourth-order valence-corrected chi connectivity index (χ4v) is 3.70. The molecule has 1 aromatic carbocycles. The molecule has 9 heteroatoms. The molecule has 28 heavy (non-hydrogen) atoms. The van der Waals surface area contributed by atoms with Crippen LogP contribution in [0.25, 0.3) is 5.69 Å². The van der Waals surface area contributed by atoms with E-state index in [9.17, 15) is 18.0 Å². The fraction of sp³-hybridized carbons (Fsp3) is 0.263. The predicted octanol–water partition coefficient (Wildman–Crippen LogP) is 3.80. The summed E-state index contributed by atoms with van der Waals surface area (Å²) in [5.41, 5.74) is 2.28. The van der Waals surface area contributed by atoms with Crippen LogP contribution in [0.1, 0.15) is 22.5 Å². The molecule has 2 N–H and O–H groups in total. The highest BCUT2D eigenvalue weighted by Gasteiger charge is 2.30. The van der Waals surface area contributed by atoms with Crippen molar-refractivity contribution in [2.45, 2.75) is 25.7 Å². The van der Waals surface area contributed by atoms with Gasteiger partial charge in [0.1, 0.15) is 0 Å². The van der Waals surface area contributed by atoms with Crippen LogP contribution in [-0.4, -0.2) is 26.0 Å². The SMILES string of the molecule is O=c1[nH]c(=S)[nH]c2c1CN(Cc1cccn1-c1ccc(C(F)(F)F)cc1)CC2. The number of alkyl halides is 3. The zero-order valence-corrected chi connectivity index (χ0v) is 15.5. The van der Waals surface area contributed by atoms with E-state index >= 15 is 0 Å². The fourth-order valence-electron chi connectivity index (χ4n) is 3.48. The third-order valence-electron chi connectivity index (χ3n) is 4.88. The summed E-state index contributed by atoms with van der Waals surface area (Å²) in [4.78, 5) is 19.9. The molecule has 1 aliphatic heterocycles. The van der Waals surface area contributed by atoms with Gasteiger partial charge in [-0.3, -0.25) is 14.7 Å². The van der Waals surface area contributed by atoms with Gasteiger partial charge in [0.25, 0.3) is 5.56 Å². The van der Waals surface area contributed by atoms with Crippen LogP contribution in [0.3, 0.4) is 0 Å². The van der Waals surface area contributed by atoms with Gasteiger partial charge >= 0.3 is 6.18 Å². The summed E-state index contributed by atoms with van der Waals surface area (Å²) in [6.07, 6.45) is -1.85. The lowest BCUT2D eigenvalue weighted by Gasteiger charge is -2.28. The second-order valence-electron chi connectivity index (χ2n) is 6.74. The van der Waals surface area contributed by atoms with Gasteiger partial charge in [0, 0.05) is 49.3 Å². The van der Waals surface area contributed by atoms with Crippen molar-refractivity contribution < 1.29 is 13.2 Å². The Morgan fingerprint density at radius 2 is 1.86 bits per heavy atom. The Balaban J connectivity index is 1.56. The van der Waals surface area contributed by atoms with Crippen LogP contribution in [0, 0.1) is 4.77 Å². The highest BCUT2D eigenvalue weighted by molar-refractivity contribution is 7.71. The number of nitrogens with one attached hydrogen (secondary N) is 2. The molecule has 1 aliphatic rings. The predicted molar refractivity (Wildman–Crippen MR) is 101 cm³/mol. The van der Waals surface area contributed by atoms with Crippen molar-refractivity contribution in [3.05, 3.63) is 80.2 Å². The van der Waals surface area contributed by atoms with Gasteiger partial charge in [0.2, 0.25) is 0 Å². The van der Waals surface area contributed by atoms with Crippen LogP contribution in [0.2, 0.25) is 0 Å². The van der Waals surface area contributed by atoms with Crippen molar-refractivity contribution in [1.82, 2.24) is 19.4 Å². The maximum atomic E-state index is 12.8. The molecule has 0 amide bonds. The summed E-state index contributed by atoms with van der Waals surface area (Å²) in [7, 11) is 0. The first-order valence-corrected chi connectivity index (χ1v) is 9.12. The van der Waals surface area contributed by atoms with Crippen LogP contribution in [0.15, 0.2) is 47.4 Å². The van der Waals surface area contributed by atoms with Gasteiger partial charge in [0.15, 0.2) is 4.77 Å². The number of halogens is 3. The summed E-state index contributed by atoms with van der Waals surface area (Å²) in [5.74, 6) is 0. The summed E-state index contributed by atoms with van der Waals surface area (Å²) in [6.45, 7) is 1.80. The largest absolute Gasteiger partial charge is 0.416 e. The van der Waals surface area contributed by atoms with Crippen molar-refractivity contribution in [3.8, 4) is 5.69 Å². The second-order valence-corrected chi connectivity index (χ2v) is 7.15. The zero-order chi connectivity index (χ0) is 19.9. The molecule has 0 radical (unpaired) electrons. The molecule has 0 spiro atoms. The third kappa shape index (κ3) is 3.67. The Morgan fingerprint density at radius 3 is 2.57 bits per heavy atom. The van der Waals surface area contributed by atoms with Crippen molar-refractivity contribution in [2.75, 3.05) is 6.54 Å². The monoisotopic (exact) mass is 406 g/mol. The van der Waals surface area contributed by atoms with Crippen molar-refractivity contribution in [1.29, 1.82) is 0 Å². The van der Waals surface area contributed by atoms with E-state index < -0.39 is 11.7 Å². The lowest BCUT2D eigenvalue weighted by molar-refractivity contribution is -0.137. The Kier molecular flexibility index (Phi) is 4.72. The van der Waals surface area contributed by atoms with Gasteiger partial charge < -0.3 is 9.55 Å². The molecule has 3 aromatic rings. The molecule has 2 aromatic heterocycles. The summed E-state index contributed by atoms with van der Waals surface area (Å²) >= 11 is 5.01. The molecular weight excluding hydrogens is 389 g/mol. The smallest absolute Gasteiger partial charge is 0.335 e. The number of hydrogen-bond donors (Lipinski definition) is 2. The lowest BCUT2D eigenvalue weighted by atomic mass is 10.1. The maximum absolute atomic E-state index is 12.8. The molecule has 146 valence electrons. The first-order chi connectivity index (χ1) is 13.3. The highest BCUT2D eigenvalue weighted by Crippen LogP contribution is 2.30. The number of benzene rings is 1. The van der Waals surface area contributed by atoms with Crippen molar-refractivity contribution in [3.63, 3.8) is 0 Å². The second kappa shape index (κ2) is 7.06. The number of fused-ring (bicyclic) bond motifs is 1. The molecule has 0 unspecified atom stereocenters. The summed E-state index contributed by atoms with van der Waals surface area (Å²) < 4.78 is 40.5. The van der Waals surface area contributed by atoms with Crippen LogP contribution < -0.4 is 5.56 Å². The molecule has 0 atom stereocenters. The molecule has 0 aliphatic carbocycles. The van der Waals surface area contributed by atoms with Gasteiger partial charge in [-0.15, -0.1) is 0 Å². The van der Waals surface area contributed by atoms with E-state index in [1.165, 1.54) is 12.1 Å². The zero-order valence-electron chi connectivity index (χ0n) is 14.7. The topological polar surface area (TPSA) is 56.8 Å². The normalized spacial score (nSPS) is 14.8. The average Bonchev–Trinajstić information content (AvgIpc) is 3.09. The standard InChI is InChI=1S/C19H17F3N4OS/c20-19(21,22)12-3-5-13(6-4-12)26-8-1-2-14(26)10-25-9-7-16-15(11-25)17(27)24-18(28)23-16/h1-6,8H,7,9-11H2,(H2,23,24,27,28). The summed E-state index contributed by atoms with van der Waals surface area (Å²) in [6, 6.07) is 8.87. The van der Waals surface area contributed by atoms with E-state index in [1.807, 2.05) is 22.9 Å². The quantitative estimate of drug-likeness (QED) is 0.651. The van der Waals surface area contributed by atoms with Gasteiger partial charge in [-0.25, -0.2) is 0 Å². The van der Waals surface area contributed by atoms with Gasteiger partial charge in [-0.2, -0.15) is 13.2 Å². The Bertz CT molecular complexity index is 1110. The number of nitrogens with zero attached hydrogens (tertiary/aromatic N) is 2. The van der Waals surface area contributed by atoms with E-state index in [0.29, 0.717) is 35.5 Å². The number of H-pyrrole nitrogens is 2. The highest BCUT2D eigenvalue weighted by atomic mass is 32.1. The van der Waals surface area contributed by atoms with Gasteiger partial charge in [0.05, 0.1) is 11.1 Å². The van der Waals surface area contributed by atoms with Crippen LogP contribution in [0.4, 0.5) is 13.2 Å². The molecule has 4 rings (SSSR count). The van der Waals surface area contributed by atoms with Crippen molar-refractivity contribution in [2.24, 2.45) is 0 Å². The molecule has 0 saturated heterocycles. The first-order valence-electron chi connectivity index (χ1n) is 8.72. The Hall–Kier alpha value is -2.65. The lowest BCUT2D eigenvalue weighted by Crippen LogP contribution is -2.35.